The summed E-state index contributed by atoms with van der Waals surface area (Å²) in [4.78, 5) is 8.04. The fourth-order valence-electron chi connectivity index (χ4n) is 1.28. The smallest absolute Gasteiger partial charge is 0.258 e. The van der Waals surface area contributed by atoms with E-state index in [9.17, 15) is 36.5 Å². The van der Waals surface area contributed by atoms with E-state index in [1.807, 2.05) is 0 Å². The van der Waals surface area contributed by atoms with Crippen molar-refractivity contribution in [3.8, 4) is 5.40 Å². The molecule has 0 aliphatic rings. The molecule has 0 heterocycles. The van der Waals surface area contributed by atoms with Crippen LogP contribution in [-0.4, -0.2) is 4.92 Å². The molecule has 0 aromatic heterocycles. The Hall–Kier alpha value is -1.96. The number of thioether (sulfide) groups is 1. The number of benzene rings is 1. The van der Waals surface area contributed by atoms with Gasteiger partial charge >= 0.3 is 12.4 Å². The molecule has 4 nitrogen and oxygen atoms in total. The lowest BCUT2D eigenvalue weighted by molar-refractivity contribution is -0.388. The van der Waals surface area contributed by atoms with Crippen LogP contribution in [0.15, 0.2) is 17.0 Å². The predicted octanol–water partition coefficient (Wildman–Crippen LogP) is 4.21. The number of nitrogens with zero attached hydrogens (tertiary/aromatic N) is 2. The highest BCUT2D eigenvalue weighted by atomic mass is 32.2. The van der Waals surface area contributed by atoms with Gasteiger partial charge in [-0.1, -0.05) is 0 Å². The van der Waals surface area contributed by atoms with Crippen LogP contribution in [0.2, 0.25) is 0 Å². The van der Waals surface area contributed by atoms with E-state index in [2.05, 4.69) is 0 Å². The predicted molar refractivity (Wildman–Crippen MR) is 54.6 cm³/mol. The van der Waals surface area contributed by atoms with Crippen LogP contribution in [0.4, 0.5) is 32.0 Å². The fourth-order valence-corrected chi connectivity index (χ4v) is 1.89. The fraction of sp³-hybridized carbons (Fsp3) is 0.222. The Morgan fingerprint density at radius 3 is 2.05 bits per heavy atom. The summed E-state index contributed by atoms with van der Waals surface area (Å²) in [7, 11) is 0. The molecule has 0 saturated heterocycles. The average Bonchev–Trinajstić information content (AvgIpc) is 2.26. The molecule has 1 aromatic rings. The molecule has 0 bridgehead atoms. The number of hydrogen-bond acceptors (Lipinski definition) is 4. The number of thiocyanates is 1. The maximum absolute atomic E-state index is 12.7. The molecule has 0 atom stereocenters. The first kappa shape index (κ1) is 16.1. The summed E-state index contributed by atoms with van der Waals surface area (Å²) in [5.74, 6) is 0. The molecule has 0 unspecified atom stereocenters. The number of rotatable bonds is 2. The summed E-state index contributed by atoms with van der Waals surface area (Å²) in [5, 5.41) is 20.1. The molecule has 0 fully saturated rings. The van der Waals surface area contributed by atoms with Crippen molar-refractivity contribution in [1.82, 2.24) is 0 Å². The molecule has 1 rings (SSSR count). The second-order valence-corrected chi connectivity index (χ2v) is 4.11. The van der Waals surface area contributed by atoms with Crippen molar-refractivity contribution in [3.63, 3.8) is 0 Å². The number of hydrogen-bond donors (Lipinski definition) is 0. The van der Waals surface area contributed by atoms with E-state index in [0.717, 1.165) is 0 Å². The lowest BCUT2D eigenvalue weighted by atomic mass is 10.1. The SMILES string of the molecule is N#CSc1c([N+](=O)[O-])cc(C(F)(F)F)cc1C(F)(F)F. The zero-order chi connectivity index (χ0) is 15.7. The highest BCUT2D eigenvalue weighted by molar-refractivity contribution is 8.03. The monoisotopic (exact) mass is 316 g/mol. The molecule has 0 aliphatic heterocycles. The van der Waals surface area contributed by atoms with E-state index in [1.165, 1.54) is 5.40 Å². The number of alkyl halides is 6. The minimum Gasteiger partial charge on any atom is -0.258 e. The quantitative estimate of drug-likeness (QED) is 0.269. The minimum atomic E-state index is -5.26. The Bertz CT molecular complexity index is 590. The molecule has 0 N–H and O–H groups in total. The van der Waals surface area contributed by atoms with Gasteiger partial charge in [-0.15, -0.1) is 0 Å². The van der Waals surface area contributed by atoms with Crippen molar-refractivity contribution >= 4 is 17.4 Å². The molecule has 20 heavy (non-hydrogen) atoms. The molecular formula is C9H2F6N2O2S. The van der Waals surface area contributed by atoms with Crippen molar-refractivity contribution in [2.24, 2.45) is 0 Å². The van der Waals surface area contributed by atoms with Crippen LogP contribution in [0, 0.1) is 20.8 Å². The van der Waals surface area contributed by atoms with Crippen molar-refractivity contribution < 1.29 is 31.3 Å². The minimum absolute atomic E-state index is 0.0328. The molecule has 0 saturated carbocycles. The van der Waals surface area contributed by atoms with Crippen LogP contribution < -0.4 is 0 Å². The normalized spacial score (nSPS) is 12.1. The lowest BCUT2D eigenvalue weighted by Gasteiger charge is -2.14. The Morgan fingerprint density at radius 2 is 1.70 bits per heavy atom. The van der Waals surface area contributed by atoms with E-state index in [1.54, 1.807) is 0 Å². The Labute approximate surface area is 111 Å². The molecule has 11 heteroatoms. The molecule has 0 aliphatic carbocycles. The lowest BCUT2D eigenvalue weighted by Crippen LogP contribution is -2.13. The Morgan fingerprint density at radius 1 is 1.15 bits per heavy atom. The first-order valence-electron chi connectivity index (χ1n) is 4.51. The summed E-state index contributed by atoms with van der Waals surface area (Å²) in [6.07, 6.45) is -10.4. The van der Waals surface area contributed by atoms with Gasteiger partial charge in [-0.2, -0.15) is 31.6 Å². The Kier molecular flexibility index (Phi) is 4.18. The van der Waals surface area contributed by atoms with Gasteiger partial charge < -0.3 is 0 Å². The molecule has 108 valence electrons. The van der Waals surface area contributed by atoms with Crippen LogP contribution in [0.25, 0.3) is 0 Å². The van der Waals surface area contributed by atoms with Crippen LogP contribution >= 0.6 is 11.8 Å². The van der Waals surface area contributed by atoms with Gasteiger partial charge in [0, 0.05) is 6.07 Å². The third-order valence-corrected chi connectivity index (χ3v) is 2.77. The second-order valence-electron chi connectivity index (χ2n) is 3.32. The van der Waals surface area contributed by atoms with Crippen molar-refractivity contribution in [3.05, 3.63) is 33.4 Å². The van der Waals surface area contributed by atoms with Crippen molar-refractivity contribution in [2.75, 3.05) is 0 Å². The highest BCUT2D eigenvalue weighted by Crippen LogP contribution is 2.44. The number of nitro benzene ring substituents is 1. The van der Waals surface area contributed by atoms with E-state index in [4.69, 9.17) is 5.26 Å². The Balaban J connectivity index is 3.74. The van der Waals surface area contributed by atoms with E-state index in [-0.39, 0.29) is 23.9 Å². The van der Waals surface area contributed by atoms with Gasteiger partial charge in [0.1, 0.15) is 10.3 Å². The van der Waals surface area contributed by atoms with Crippen LogP contribution in [0.5, 0.6) is 0 Å². The number of nitriles is 1. The number of nitro groups is 1. The van der Waals surface area contributed by atoms with Crippen LogP contribution in [0.1, 0.15) is 11.1 Å². The molecule has 0 spiro atoms. The summed E-state index contributed by atoms with van der Waals surface area (Å²) in [6, 6.07) is -0.290. The first-order chi connectivity index (χ1) is 8.98. The van der Waals surface area contributed by atoms with Gasteiger partial charge in [0.25, 0.3) is 5.69 Å². The highest BCUT2D eigenvalue weighted by Gasteiger charge is 2.42. The molecule has 0 radical (unpaired) electrons. The molecule has 1 aromatic carbocycles. The van der Waals surface area contributed by atoms with Crippen LogP contribution in [-0.2, 0) is 12.4 Å². The van der Waals surface area contributed by atoms with Gasteiger partial charge in [-0.05, 0) is 17.8 Å². The van der Waals surface area contributed by atoms with Gasteiger partial charge in [-0.25, -0.2) is 0 Å². The van der Waals surface area contributed by atoms with Gasteiger partial charge in [0.15, 0.2) is 0 Å². The zero-order valence-corrected chi connectivity index (χ0v) is 9.86. The summed E-state index contributed by atoms with van der Waals surface area (Å²) in [6.45, 7) is 0. The maximum atomic E-state index is 12.7. The first-order valence-corrected chi connectivity index (χ1v) is 5.33. The summed E-state index contributed by atoms with van der Waals surface area (Å²) in [5.41, 5.74) is -5.09. The third kappa shape index (κ3) is 3.32. The number of halogens is 6. The van der Waals surface area contributed by atoms with E-state index < -0.39 is 39.0 Å². The maximum Gasteiger partial charge on any atom is 0.417 e. The zero-order valence-electron chi connectivity index (χ0n) is 9.04. The van der Waals surface area contributed by atoms with Crippen molar-refractivity contribution in [1.29, 1.82) is 5.26 Å². The standard InChI is InChI=1S/C9H2F6N2O2S/c10-8(11,12)4-1-5(9(13,14)15)7(20-3-16)6(2-4)17(18)19/h1-2H. The average molecular weight is 316 g/mol. The van der Waals surface area contributed by atoms with E-state index >= 15 is 0 Å². The van der Waals surface area contributed by atoms with Crippen molar-refractivity contribution in [2.45, 2.75) is 17.2 Å². The van der Waals surface area contributed by atoms with Gasteiger partial charge in [-0.3, -0.25) is 10.1 Å². The molecular weight excluding hydrogens is 314 g/mol. The summed E-state index contributed by atoms with van der Waals surface area (Å²) < 4.78 is 75.4. The van der Waals surface area contributed by atoms with E-state index in [0.29, 0.717) is 0 Å². The van der Waals surface area contributed by atoms with Gasteiger partial charge in [0.2, 0.25) is 0 Å². The van der Waals surface area contributed by atoms with Crippen LogP contribution in [0.3, 0.4) is 0 Å². The molecule has 0 amide bonds. The topological polar surface area (TPSA) is 66.9 Å². The second kappa shape index (κ2) is 5.20. The van der Waals surface area contributed by atoms with Gasteiger partial charge in [0.05, 0.1) is 16.1 Å². The summed E-state index contributed by atoms with van der Waals surface area (Å²) >= 11 is -0.220. The largest absolute Gasteiger partial charge is 0.417 e. The third-order valence-electron chi connectivity index (χ3n) is 2.05.